The summed E-state index contributed by atoms with van der Waals surface area (Å²) in [6.45, 7) is 5.94. The molecule has 1 unspecified atom stereocenters. The summed E-state index contributed by atoms with van der Waals surface area (Å²) in [5, 5.41) is 0.607. The number of benzene rings is 2. The summed E-state index contributed by atoms with van der Waals surface area (Å²) < 4.78 is 32.3. The Labute approximate surface area is 243 Å². The number of anilines is 1. The van der Waals surface area contributed by atoms with Gasteiger partial charge in [0.05, 0.1) is 12.2 Å². The van der Waals surface area contributed by atoms with Crippen molar-refractivity contribution < 1.29 is 23.1 Å². The minimum atomic E-state index is -0.551. The number of likely N-dealkylation sites (tertiary alicyclic amines) is 1. The van der Waals surface area contributed by atoms with Crippen LogP contribution in [0.15, 0.2) is 66.9 Å². The molecule has 2 aromatic carbocycles. The van der Waals surface area contributed by atoms with Crippen molar-refractivity contribution in [3.63, 3.8) is 0 Å². The van der Waals surface area contributed by atoms with Crippen molar-refractivity contribution >= 4 is 29.4 Å². The van der Waals surface area contributed by atoms with Gasteiger partial charge in [-0.1, -0.05) is 23.7 Å². The largest absolute Gasteiger partial charge is 0.415 e. The van der Waals surface area contributed by atoms with Gasteiger partial charge in [-0.25, -0.2) is 18.6 Å². The number of carbonyl (C=O) groups excluding carboxylic acids is 2. The molecular weight excluding hydrogens is 550 g/mol. The Morgan fingerprint density at radius 2 is 1.61 bits per heavy atom. The number of ether oxygens (including phenoxy) is 1. The van der Waals surface area contributed by atoms with E-state index in [2.05, 4.69) is 9.88 Å². The first-order valence-electron chi connectivity index (χ1n) is 13.9. The normalized spacial score (nSPS) is 19.5. The fourth-order valence-electron chi connectivity index (χ4n) is 5.84. The van der Waals surface area contributed by atoms with E-state index in [0.717, 1.165) is 5.56 Å². The predicted octanol–water partition coefficient (Wildman–Crippen LogP) is 6.13. The number of halogens is 3. The first kappa shape index (κ1) is 28.8. The van der Waals surface area contributed by atoms with E-state index in [1.807, 2.05) is 43.0 Å². The minimum Gasteiger partial charge on any atom is -0.410 e. The molecule has 3 heterocycles. The van der Waals surface area contributed by atoms with Gasteiger partial charge in [0.1, 0.15) is 23.2 Å². The summed E-state index contributed by atoms with van der Waals surface area (Å²) in [5.74, 6) is -0.0914. The van der Waals surface area contributed by atoms with Crippen LogP contribution in [-0.2, 0) is 4.79 Å². The van der Waals surface area contributed by atoms with Crippen LogP contribution in [0.3, 0.4) is 0 Å². The summed E-state index contributed by atoms with van der Waals surface area (Å²) in [6.07, 6.45) is 1.97. The van der Waals surface area contributed by atoms with E-state index in [9.17, 15) is 18.4 Å². The topological polar surface area (TPSA) is 66.0 Å². The van der Waals surface area contributed by atoms with Crippen LogP contribution in [0.4, 0.5) is 19.4 Å². The Hall–Kier alpha value is -3.72. The highest BCUT2D eigenvalue weighted by Gasteiger charge is 2.44. The second-order valence-electron chi connectivity index (χ2n) is 10.9. The van der Waals surface area contributed by atoms with Gasteiger partial charge in [0.25, 0.3) is 0 Å². The Balaban J connectivity index is 1.33. The van der Waals surface area contributed by atoms with Gasteiger partial charge < -0.3 is 14.5 Å². The van der Waals surface area contributed by atoms with Gasteiger partial charge in [-0.2, -0.15) is 0 Å². The molecule has 0 radical (unpaired) electrons. The van der Waals surface area contributed by atoms with Crippen LogP contribution in [0.1, 0.15) is 38.2 Å². The molecule has 216 valence electrons. The predicted molar refractivity (Wildman–Crippen MR) is 153 cm³/mol. The lowest BCUT2D eigenvalue weighted by Crippen LogP contribution is -2.50. The van der Waals surface area contributed by atoms with Crippen LogP contribution in [0.2, 0.25) is 5.02 Å². The number of aromatic nitrogens is 1. The highest BCUT2D eigenvalue weighted by molar-refractivity contribution is 6.30. The molecular formula is C31H33ClF2N4O3. The zero-order chi connectivity index (χ0) is 29.1. The molecule has 41 heavy (non-hydrogen) atoms. The molecule has 7 nitrogen and oxygen atoms in total. The molecule has 0 bridgehead atoms. The monoisotopic (exact) mass is 582 g/mol. The van der Waals surface area contributed by atoms with E-state index in [1.165, 1.54) is 36.5 Å². The van der Waals surface area contributed by atoms with Crippen molar-refractivity contribution in [3.8, 4) is 5.75 Å². The molecule has 2 atom stereocenters. The van der Waals surface area contributed by atoms with Crippen molar-refractivity contribution in [2.75, 3.05) is 31.1 Å². The van der Waals surface area contributed by atoms with Gasteiger partial charge in [-0.05, 0) is 80.8 Å². The second-order valence-corrected chi connectivity index (χ2v) is 11.3. The van der Waals surface area contributed by atoms with Gasteiger partial charge in [0, 0.05) is 49.1 Å². The molecule has 0 saturated carbocycles. The molecule has 2 aliphatic rings. The van der Waals surface area contributed by atoms with Gasteiger partial charge in [0.2, 0.25) is 5.91 Å². The van der Waals surface area contributed by atoms with Crippen LogP contribution in [0.25, 0.3) is 0 Å². The van der Waals surface area contributed by atoms with E-state index < -0.39 is 11.9 Å². The molecule has 2 saturated heterocycles. The maximum atomic E-state index is 13.8. The lowest BCUT2D eigenvalue weighted by molar-refractivity contribution is -0.135. The number of rotatable bonds is 6. The average Bonchev–Trinajstić information content (AvgIpc) is 3.39. The Bertz CT molecular complexity index is 1350. The first-order chi connectivity index (χ1) is 19.7. The number of amides is 2. The molecule has 10 heteroatoms. The van der Waals surface area contributed by atoms with Crippen LogP contribution in [-0.4, -0.2) is 65.0 Å². The molecule has 2 fully saturated rings. The quantitative estimate of drug-likeness (QED) is 0.350. The zero-order valence-electron chi connectivity index (χ0n) is 23.1. The molecule has 3 aromatic rings. The van der Waals surface area contributed by atoms with Crippen molar-refractivity contribution in [2.45, 2.75) is 44.7 Å². The number of piperidine rings is 1. The van der Waals surface area contributed by atoms with Crippen LogP contribution >= 0.6 is 11.6 Å². The highest BCUT2D eigenvalue weighted by atomic mass is 35.5. The SMILES string of the molecule is CC(C)N(C(=O)Oc1ccc(F)cc1)[C@@H]1CN(C(=O)C2CCN(c3ccc(F)cn3)CC2)CC1c1ccc(Cl)cc1. The number of hydrogen-bond acceptors (Lipinski definition) is 5. The summed E-state index contributed by atoms with van der Waals surface area (Å²) in [7, 11) is 0. The maximum Gasteiger partial charge on any atom is 0.415 e. The zero-order valence-corrected chi connectivity index (χ0v) is 23.8. The fourth-order valence-corrected chi connectivity index (χ4v) is 5.97. The van der Waals surface area contributed by atoms with Crippen molar-refractivity contribution in [3.05, 3.63) is 89.1 Å². The first-order valence-corrected chi connectivity index (χ1v) is 14.2. The van der Waals surface area contributed by atoms with E-state index in [4.69, 9.17) is 16.3 Å². The van der Waals surface area contributed by atoms with E-state index >= 15 is 0 Å². The molecule has 0 aliphatic carbocycles. The Morgan fingerprint density at radius 1 is 0.951 bits per heavy atom. The lowest BCUT2D eigenvalue weighted by atomic mass is 9.92. The molecule has 2 amide bonds. The number of carbonyl (C=O) groups is 2. The summed E-state index contributed by atoms with van der Waals surface area (Å²) in [5.41, 5.74) is 0.979. The third kappa shape index (κ3) is 6.62. The Morgan fingerprint density at radius 3 is 2.22 bits per heavy atom. The molecule has 1 aromatic heterocycles. The van der Waals surface area contributed by atoms with Crippen LogP contribution in [0, 0.1) is 17.6 Å². The van der Waals surface area contributed by atoms with Gasteiger partial charge in [-0.15, -0.1) is 0 Å². The number of hydrogen-bond donors (Lipinski definition) is 0. The van der Waals surface area contributed by atoms with Crippen molar-refractivity contribution in [1.29, 1.82) is 0 Å². The number of pyridine rings is 1. The van der Waals surface area contributed by atoms with E-state index in [0.29, 0.717) is 49.9 Å². The summed E-state index contributed by atoms with van der Waals surface area (Å²) in [4.78, 5) is 37.1. The van der Waals surface area contributed by atoms with Gasteiger partial charge in [-0.3, -0.25) is 9.69 Å². The van der Waals surface area contributed by atoms with Crippen molar-refractivity contribution in [2.24, 2.45) is 5.92 Å². The van der Waals surface area contributed by atoms with E-state index in [1.54, 1.807) is 11.0 Å². The van der Waals surface area contributed by atoms with Crippen LogP contribution in [0.5, 0.6) is 5.75 Å². The molecule has 5 rings (SSSR count). The average molecular weight is 583 g/mol. The summed E-state index contributed by atoms with van der Waals surface area (Å²) >= 11 is 6.16. The summed E-state index contributed by atoms with van der Waals surface area (Å²) in [6, 6.07) is 15.3. The third-order valence-corrected chi connectivity index (χ3v) is 8.17. The second kappa shape index (κ2) is 12.4. The standard InChI is InChI=1S/C31H33ClF2N4O3/c1-20(2)38(31(40)41-26-10-7-24(33)8-11-26)28-19-37(18-27(28)21-3-5-23(32)6-4-21)30(39)22-13-15-36(16-14-22)29-12-9-25(34)17-35-29/h3-12,17,20,22,27-28H,13-16,18-19H2,1-2H3/t27?,28-/m1/s1. The van der Waals surface area contributed by atoms with Crippen LogP contribution < -0.4 is 9.64 Å². The smallest absolute Gasteiger partial charge is 0.410 e. The molecule has 0 spiro atoms. The molecule has 2 aliphatic heterocycles. The number of nitrogens with zero attached hydrogens (tertiary/aromatic N) is 4. The Kier molecular flexibility index (Phi) is 8.73. The maximum absolute atomic E-state index is 13.8. The van der Waals surface area contributed by atoms with Gasteiger partial charge >= 0.3 is 6.09 Å². The molecule has 0 N–H and O–H groups in total. The highest BCUT2D eigenvalue weighted by Crippen LogP contribution is 2.35. The van der Waals surface area contributed by atoms with Crippen molar-refractivity contribution in [1.82, 2.24) is 14.8 Å². The lowest BCUT2D eigenvalue weighted by Gasteiger charge is -2.35. The third-order valence-electron chi connectivity index (χ3n) is 7.92. The van der Waals surface area contributed by atoms with Gasteiger partial charge in [0.15, 0.2) is 0 Å². The van der Waals surface area contributed by atoms with E-state index in [-0.39, 0.29) is 41.4 Å². The minimum absolute atomic E-state index is 0.0637. The fraction of sp³-hybridized carbons (Fsp3) is 0.387.